The molecule has 30 heavy (non-hydrogen) atoms. The first kappa shape index (κ1) is 23.4. The van der Waals surface area contributed by atoms with Crippen LogP contribution in [0.3, 0.4) is 0 Å². The van der Waals surface area contributed by atoms with Crippen molar-refractivity contribution in [3.05, 3.63) is 28.6 Å². The first-order chi connectivity index (χ1) is 14.2. The Morgan fingerprint density at radius 3 is 2.37 bits per heavy atom. The number of sulfonamides is 1. The third kappa shape index (κ3) is 6.30. The van der Waals surface area contributed by atoms with Gasteiger partial charge in [-0.05, 0) is 18.6 Å². The molecule has 0 unspecified atom stereocenters. The zero-order valence-electron chi connectivity index (χ0n) is 16.8. The van der Waals surface area contributed by atoms with Crippen molar-refractivity contribution in [3.63, 3.8) is 0 Å². The van der Waals surface area contributed by atoms with E-state index in [1.807, 2.05) is 4.72 Å². The van der Waals surface area contributed by atoms with E-state index in [1.165, 1.54) is 32.4 Å². The molecule has 0 atom stereocenters. The topological polar surface area (TPSA) is 145 Å². The third-order valence-electron chi connectivity index (χ3n) is 3.71. The van der Waals surface area contributed by atoms with Crippen molar-refractivity contribution in [2.24, 2.45) is 0 Å². The Morgan fingerprint density at radius 1 is 1.10 bits per heavy atom. The fourth-order valence-electron chi connectivity index (χ4n) is 2.29. The van der Waals surface area contributed by atoms with E-state index in [0.717, 1.165) is 21.8 Å². The molecule has 0 aliphatic heterocycles. The summed E-state index contributed by atoms with van der Waals surface area (Å²) in [6, 6.07) is 3.22. The number of carbonyl (C=O) groups excluding carboxylic acids is 2. The minimum absolute atomic E-state index is 0.00732. The van der Waals surface area contributed by atoms with Crippen LogP contribution in [0.5, 0.6) is 5.75 Å². The van der Waals surface area contributed by atoms with E-state index in [-0.39, 0.29) is 21.6 Å². The Kier molecular flexibility index (Phi) is 7.97. The van der Waals surface area contributed by atoms with Gasteiger partial charge >= 0.3 is 12.1 Å². The first-order valence-electron chi connectivity index (χ1n) is 8.51. The number of rotatable bonds is 8. The summed E-state index contributed by atoms with van der Waals surface area (Å²) in [4.78, 5) is 28.4. The molecule has 11 nitrogen and oxygen atoms in total. The van der Waals surface area contributed by atoms with Crippen LogP contribution in [0, 0.1) is 6.92 Å². The van der Waals surface area contributed by atoms with Crippen LogP contribution in [0.2, 0.25) is 0 Å². The average Bonchev–Trinajstić information content (AvgIpc) is 3.07. The van der Waals surface area contributed by atoms with Gasteiger partial charge in [0.1, 0.15) is 21.6 Å². The molecule has 2 rings (SSSR count). The van der Waals surface area contributed by atoms with E-state index in [0.29, 0.717) is 13.0 Å². The van der Waals surface area contributed by atoms with Gasteiger partial charge in [0.15, 0.2) is 0 Å². The molecule has 0 saturated heterocycles. The number of nitrogens with one attached hydrogen (secondary N) is 3. The lowest BCUT2D eigenvalue weighted by molar-refractivity contribution is 0.187. The van der Waals surface area contributed by atoms with E-state index >= 15 is 0 Å². The van der Waals surface area contributed by atoms with Crippen molar-refractivity contribution in [1.29, 1.82) is 0 Å². The molecule has 2 aromatic rings. The average molecular weight is 459 g/mol. The van der Waals surface area contributed by atoms with Crippen molar-refractivity contribution in [2.45, 2.75) is 17.6 Å². The van der Waals surface area contributed by atoms with Crippen molar-refractivity contribution < 1.29 is 32.2 Å². The smallest absolute Gasteiger partial charge is 0.412 e. The summed E-state index contributed by atoms with van der Waals surface area (Å²) in [6.45, 7) is 2.24. The summed E-state index contributed by atoms with van der Waals surface area (Å²) in [6.07, 6.45) is -0.204. The highest BCUT2D eigenvalue weighted by Gasteiger charge is 2.22. The Morgan fingerprint density at radius 2 is 1.77 bits per heavy atom. The fourth-order valence-corrected chi connectivity index (χ4v) is 4.76. The maximum absolute atomic E-state index is 12.5. The molecule has 13 heteroatoms. The summed E-state index contributed by atoms with van der Waals surface area (Å²) in [5, 5.41) is 4.63. The lowest BCUT2D eigenvalue weighted by Crippen LogP contribution is -2.34. The predicted octanol–water partition coefficient (Wildman–Crippen LogP) is 2.34. The Hall–Kier alpha value is -2.90. The zero-order valence-corrected chi connectivity index (χ0v) is 18.4. The van der Waals surface area contributed by atoms with Gasteiger partial charge in [0.2, 0.25) is 0 Å². The van der Waals surface area contributed by atoms with E-state index in [9.17, 15) is 18.0 Å². The van der Waals surface area contributed by atoms with Crippen molar-refractivity contribution in [3.8, 4) is 5.75 Å². The van der Waals surface area contributed by atoms with Crippen LogP contribution in [-0.2, 0) is 25.9 Å². The van der Waals surface area contributed by atoms with Crippen LogP contribution in [0.4, 0.5) is 21.2 Å². The second kappa shape index (κ2) is 10.2. The van der Waals surface area contributed by atoms with Crippen molar-refractivity contribution in [2.75, 3.05) is 38.6 Å². The van der Waals surface area contributed by atoms with Crippen LogP contribution in [-0.4, -0.2) is 53.5 Å². The number of methoxy groups -OCH3 is 3. The molecule has 2 aromatic heterocycles. The van der Waals surface area contributed by atoms with Gasteiger partial charge < -0.3 is 14.2 Å². The molecule has 0 aliphatic carbocycles. The second-order valence-corrected chi connectivity index (χ2v) is 8.91. The van der Waals surface area contributed by atoms with Crippen molar-refractivity contribution in [1.82, 2.24) is 9.71 Å². The van der Waals surface area contributed by atoms with E-state index in [2.05, 4.69) is 20.4 Å². The highest BCUT2D eigenvalue weighted by molar-refractivity contribution is 7.92. The highest BCUT2D eigenvalue weighted by Crippen LogP contribution is 2.26. The van der Waals surface area contributed by atoms with Crippen molar-refractivity contribution >= 4 is 45.1 Å². The Labute approximate surface area is 177 Å². The maximum atomic E-state index is 12.5. The van der Waals surface area contributed by atoms with E-state index < -0.39 is 22.1 Å². The van der Waals surface area contributed by atoms with Gasteiger partial charge in [0, 0.05) is 30.5 Å². The summed E-state index contributed by atoms with van der Waals surface area (Å²) >= 11 is 1.07. The predicted molar refractivity (Wildman–Crippen MR) is 111 cm³/mol. The number of carbonyl (C=O) groups is 2. The monoisotopic (exact) mass is 458 g/mol. The Balaban J connectivity index is 2.14. The summed E-state index contributed by atoms with van der Waals surface area (Å²) in [5.74, 6) is 0.263. The standard InChI is InChI=1S/C17H22N4O7S2/c1-10-7-15(29-12(10)5-6-26-2)30(24,25)21-16(22)19-13-8-11(27-3)9-14(18-13)20-17(23)28-4/h7-9H,5-6H2,1-4H3,(H3,18,19,20,21,22,23). The number of aryl methyl sites for hydroxylation is 1. The highest BCUT2D eigenvalue weighted by atomic mass is 32.2. The fraction of sp³-hybridized carbons (Fsp3) is 0.353. The van der Waals surface area contributed by atoms with Crippen LogP contribution in [0.15, 0.2) is 22.4 Å². The molecule has 3 amide bonds. The number of hydrogen-bond acceptors (Lipinski definition) is 9. The molecular weight excluding hydrogens is 436 g/mol. The third-order valence-corrected chi connectivity index (χ3v) is 6.82. The first-order valence-corrected chi connectivity index (χ1v) is 10.8. The molecule has 0 saturated carbocycles. The minimum Gasteiger partial charge on any atom is -0.496 e. The molecule has 2 heterocycles. The van der Waals surface area contributed by atoms with Crippen LogP contribution in [0.1, 0.15) is 10.4 Å². The largest absolute Gasteiger partial charge is 0.496 e. The zero-order chi connectivity index (χ0) is 22.3. The number of ether oxygens (including phenoxy) is 3. The minimum atomic E-state index is -4.09. The number of hydrogen-bond donors (Lipinski definition) is 3. The van der Waals surface area contributed by atoms with Gasteiger partial charge in [0.05, 0.1) is 20.8 Å². The summed E-state index contributed by atoms with van der Waals surface area (Å²) < 4.78 is 41.6. The molecule has 0 fully saturated rings. The summed E-state index contributed by atoms with van der Waals surface area (Å²) in [7, 11) is 0.0339. The van der Waals surface area contributed by atoms with Gasteiger partial charge in [-0.15, -0.1) is 11.3 Å². The molecule has 164 valence electrons. The second-order valence-electron chi connectivity index (χ2n) is 5.87. The van der Waals surface area contributed by atoms with Gasteiger partial charge in [0.25, 0.3) is 10.0 Å². The molecule has 3 N–H and O–H groups in total. The number of nitrogens with zero attached hydrogens (tertiary/aromatic N) is 1. The molecular formula is C17H22N4O7S2. The molecule has 0 bridgehead atoms. The van der Waals surface area contributed by atoms with Gasteiger partial charge in [-0.2, -0.15) is 0 Å². The SMILES string of the molecule is COCCc1sc(S(=O)(=O)NC(=O)Nc2cc(OC)cc(NC(=O)OC)n2)cc1C. The quantitative estimate of drug-likeness (QED) is 0.546. The molecule has 0 aromatic carbocycles. The van der Waals surface area contributed by atoms with Gasteiger partial charge in [-0.1, -0.05) is 0 Å². The molecule has 0 aliphatic rings. The lowest BCUT2D eigenvalue weighted by atomic mass is 10.2. The molecule has 0 spiro atoms. The van der Waals surface area contributed by atoms with E-state index in [1.54, 1.807) is 14.0 Å². The lowest BCUT2D eigenvalue weighted by Gasteiger charge is -2.10. The van der Waals surface area contributed by atoms with Crippen LogP contribution >= 0.6 is 11.3 Å². The summed E-state index contributed by atoms with van der Waals surface area (Å²) in [5.41, 5.74) is 0.797. The molecule has 0 radical (unpaired) electrons. The maximum Gasteiger partial charge on any atom is 0.412 e. The number of aromatic nitrogens is 1. The van der Waals surface area contributed by atoms with Gasteiger partial charge in [-0.25, -0.2) is 27.7 Å². The van der Waals surface area contributed by atoms with Crippen LogP contribution in [0.25, 0.3) is 0 Å². The number of anilines is 2. The normalized spacial score (nSPS) is 10.9. The number of amides is 3. The number of thiophene rings is 1. The number of urea groups is 1. The van der Waals surface area contributed by atoms with E-state index in [4.69, 9.17) is 9.47 Å². The Bertz CT molecular complexity index is 1020. The number of pyridine rings is 1. The van der Waals surface area contributed by atoms with Crippen LogP contribution < -0.4 is 20.1 Å². The van der Waals surface area contributed by atoms with Gasteiger partial charge in [-0.3, -0.25) is 10.6 Å².